The Bertz CT molecular complexity index is 386. The van der Waals surface area contributed by atoms with Gasteiger partial charge in [-0.15, -0.1) is 0 Å². The molecule has 1 aliphatic heterocycles. The first kappa shape index (κ1) is 17.8. The van der Waals surface area contributed by atoms with E-state index in [9.17, 15) is 9.59 Å². The van der Waals surface area contributed by atoms with E-state index in [0.717, 1.165) is 0 Å². The Labute approximate surface area is 126 Å². The van der Waals surface area contributed by atoms with Crippen molar-refractivity contribution in [2.45, 2.75) is 71.8 Å². The number of rotatable bonds is 4. The summed E-state index contributed by atoms with van der Waals surface area (Å²) >= 11 is 0. The highest BCUT2D eigenvalue weighted by atomic mass is 16.6. The summed E-state index contributed by atoms with van der Waals surface area (Å²) in [6.45, 7) is 11.6. The van der Waals surface area contributed by atoms with E-state index in [4.69, 9.17) is 14.2 Å². The number of ether oxygens (including phenoxy) is 3. The van der Waals surface area contributed by atoms with Gasteiger partial charge in [-0.1, -0.05) is 0 Å². The number of hydrogen-bond acceptors (Lipinski definition) is 5. The Morgan fingerprint density at radius 1 is 1.33 bits per heavy atom. The van der Waals surface area contributed by atoms with Crippen LogP contribution in [0.4, 0.5) is 4.79 Å². The van der Waals surface area contributed by atoms with Crippen LogP contribution in [0.5, 0.6) is 0 Å². The van der Waals surface area contributed by atoms with Gasteiger partial charge in [-0.3, -0.25) is 9.69 Å². The molecular formula is C15H27NO5. The van der Waals surface area contributed by atoms with Crippen LogP contribution < -0.4 is 0 Å². The van der Waals surface area contributed by atoms with Gasteiger partial charge in [0, 0.05) is 6.42 Å². The summed E-state index contributed by atoms with van der Waals surface area (Å²) in [6.07, 6.45) is 0.345. The molecule has 1 saturated heterocycles. The first-order chi connectivity index (χ1) is 9.57. The highest BCUT2D eigenvalue weighted by Gasteiger charge is 2.45. The lowest BCUT2D eigenvalue weighted by atomic mass is 10.1. The van der Waals surface area contributed by atoms with Crippen molar-refractivity contribution in [1.82, 2.24) is 4.90 Å². The van der Waals surface area contributed by atoms with Crippen molar-refractivity contribution in [3.63, 3.8) is 0 Å². The van der Waals surface area contributed by atoms with Gasteiger partial charge >= 0.3 is 12.1 Å². The standard InChI is InChI=1S/C15H27NO5/c1-7-19-12(17)9-8-11-10-20-15(5,6)16(11)13(18)21-14(2,3)4/h11H,7-10H2,1-6H3/t11-/m1/s1. The van der Waals surface area contributed by atoms with E-state index in [1.54, 1.807) is 11.8 Å². The molecule has 1 amide bonds. The van der Waals surface area contributed by atoms with Crippen molar-refractivity contribution < 1.29 is 23.8 Å². The lowest BCUT2D eigenvalue weighted by Gasteiger charge is -2.35. The average Bonchev–Trinajstić information content (AvgIpc) is 2.60. The van der Waals surface area contributed by atoms with Gasteiger partial charge in [-0.05, 0) is 48.0 Å². The molecule has 21 heavy (non-hydrogen) atoms. The molecule has 0 bridgehead atoms. The SMILES string of the molecule is CCOC(=O)CC[C@@H]1COC(C)(C)N1C(=O)OC(C)(C)C. The van der Waals surface area contributed by atoms with Crippen LogP contribution >= 0.6 is 0 Å². The smallest absolute Gasteiger partial charge is 0.412 e. The fourth-order valence-corrected chi connectivity index (χ4v) is 2.29. The summed E-state index contributed by atoms with van der Waals surface area (Å²) in [5.41, 5.74) is -1.30. The first-order valence-corrected chi connectivity index (χ1v) is 7.38. The maximum atomic E-state index is 12.4. The molecule has 0 saturated carbocycles. The van der Waals surface area contributed by atoms with Crippen molar-refractivity contribution in [1.29, 1.82) is 0 Å². The highest BCUT2D eigenvalue weighted by molar-refractivity contribution is 5.71. The van der Waals surface area contributed by atoms with Gasteiger partial charge in [-0.2, -0.15) is 0 Å². The molecule has 1 aliphatic rings. The Balaban J connectivity index is 2.70. The lowest BCUT2D eigenvalue weighted by Crippen LogP contribution is -2.49. The average molecular weight is 301 g/mol. The Morgan fingerprint density at radius 3 is 2.48 bits per heavy atom. The molecule has 6 heteroatoms. The summed E-state index contributed by atoms with van der Waals surface area (Å²) in [7, 11) is 0. The third-order valence-corrected chi connectivity index (χ3v) is 3.15. The molecule has 0 radical (unpaired) electrons. The molecular weight excluding hydrogens is 274 g/mol. The first-order valence-electron chi connectivity index (χ1n) is 7.38. The maximum absolute atomic E-state index is 12.4. The second-order valence-corrected chi connectivity index (χ2v) is 6.61. The molecule has 6 nitrogen and oxygen atoms in total. The van der Waals surface area contributed by atoms with Gasteiger partial charge < -0.3 is 14.2 Å². The van der Waals surface area contributed by atoms with Gasteiger partial charge in [0.15, 0.2) is 0 Å². The minimum absolute atomic E-state index is 0.181. The van der Waals surface area contributed by atoms with Gasteiger partial charge in [0.05, 0.1) is 19.3 Å². The van der Waals surface area contributed by atoms with Crippen LogP contribution in [0.1, 0.15) is 54.4 Å². The Hall–Kier alpha value is -1.30. The topological polar surface area (TPSA) is 65.1 Å². The van der Waals surface area contributed by atoms with Crippen LogP contribution in [0.2, 0.25) is 0 Å². The van der Waals surface area contributed by atoms with Gasteiger partial charge in [0.2, 0.25) is 0 Å². The number of carbonyl (C=O) groups excluding carboxylic acids is 2. The minimum Gasteiger partial charge on any atom is -0.466 e. The summed E-state index contributed by atoms with van der Waals surface area (Å²) in [6, 6.07) is -0.181. The Kier molecular flexibility index (Phi) is 5.61. The van der Waals surface area contributed by atoms with Crippen LogP contribution in [0.3, 0.4) is 0 Å². The van der Waals surface area contributed by atoms with E-state index < -0.39 is 17.4 Å². The van der Waals surface area contributed by atoms with Crippen molar-refractivity contribution in [2.24, 2.45) is 0 Å². The van der Waals surface area contributed by atoms with E-state index >= 15 is 0 Å². The molecule has 1 heterocycles. The zero-order valence-corrected chi connectivity index (χ0v) is 13.9. The number of nitrogens with zero attached hydrogens (tertiary/aromatic N) is 1. The fourth-order valence-electron chi connectivity index (χ4n) is 2.29. The number of carbonyl (C=O) groups is 2. The summed E-state index contributed by atoms with van der Waals surface area (Å²) in [5, 5.41) is 0. The van der Waals surface area contributed by atoms with Gasteiger partial charge in [0.1, 0.15) is 11.3 Å². The maximum Gasteiger partial charge on any atom is 0.412 e. The van der Waals surface area contributed by atoms with Crippen LogP contribution in [-0.2, 0) is 19.0 Å². The summed E-state index contributed by atoms with van der Waals surface area (Å²) < 4.78 is 16.0. The zero-order chi connectivity index (χ0) is 16.3. The summed E-state index contributed by atoms with van der Waals surface area (Å²) in [5.74, 6) is -0.258. The fraction of sp³-hybridized carbons (Fsp3) is 0.867. The molecule has 1 rings (SSSR count). The third kappa shape index (κ3) is 5.19. The van der Waals surface area contributed by atoms with Crippen LogP contribution in [0, 0.1) is 0 Å². The molecule has 1 fully saturated rings. The molecule has 0 aromatic heterocycles. The number of hydrogen-bond donors (Lipinski definition) is 0. The van der Waals surface area contributed by atoms with Crippen molar-refractivity contribution in [3.8, 4) is 0 Å². The van der Waals surface area contributed by atoms with Crippen molar-refractivity contribution in [2.75, 3.05) is 13.2 Å². The molecule has 1 atom stereocenters. The van der Waals surface area contributed by atoms with Crippen molar-refractivity contribution in [3.05, 3.63) is 0 Å². The number of esters is 1. The molecule has 0 unspecified atom stereocenters. The van der Waals surface area contributed by atoms with Crippen LogP contribution in [-0.4, -0.2) is 47.5 Å². The zero-order valence-electron chi connectivity index (χ0n) is 13.9. The van der Waals surface area contributed by atoms with Gasteiger partial charge in [0.25, 0.3) is 0 Å². The second kappa shape index (κ2) is 6.64. The monoisotopic (exact) mass is 301 g/mol. The molecule has 122 valence electrons. The molecule has 0 aliphatic carbocycles. The second-order valence-electron chi connectivity index (χ2n) is 6.61. The predicted molar refractivity (Wildman–Crippen MR) is 77.8 cm³/mol. The number of amides is 1. The van der Waals surface area contributed by atoms with E-state index in [-0.39, 0.29) is 18.4 Å². The highest BCUT2D eigenvalue weighted by Crippen LogP contribution is 2.31. The molecule has 0 spiro atoms. The molecule has 0 N–H and O–H groups in total. The minimum atomic E-state index is -0.734. The van der Waals surface area contributed by atoms with E-state index in [2.05, 4.69) is 0 Å². The largest absolute Gasteiger partial charge is 0.466 e. The van der Waals surface area contributed by atoms with Gasteiger partial charge in [-0.25, -0.2) is 4.79 Å². The van der Waals surface area contributed by atoms with Crippen LogP contribution in [0.25, 0.3) is 0 Å². The van der Waals surface area contributed by atoms with E-state index in [1.807, 2.05) is 34.6 Å². The van der Waals surface area contributed by atoms with E-state index in [1.165, 1.54) is 0 Å². The van der Waals surface area contributed by atoms with Crippen LogP contribution in [0.15, 0.2) is 0 Å². The van der Waals surface area contributed by atoms with Crippen molar-refractivity contribution >= 4 is 12.1 Å². The Morgan fingerprint density at radius 2 is 1.95 bits per heavy atom. The quantitative estimate of drug-likeness (QED) is 0.747. The third-order valence-electron chi connectivity index (χ3n) is 3.15. The molecule has 0 aromatic rings. The van der Waals surface area contributed by atoms with E-state index in [0.29, 0.717) is 19.6 Å². The summed E-state index contributed by atoms with van der Waals surface area (Å²) in [4.78, 5) is 25.4. The normalized spacial score (nSPS) is 21.2. The predicted octanol–water partition coefficient (Wildman–Crippen LogP) is 2.70. The molecule has 0 aromatic carbocycles. The lowest BCUT2D eigenvalue weighted by molar-refractivity contribution is -0.143.